The molecule has 2 rings (SSSR count). The molecule has 0 radical (unpaired) electrons. The molecule has 2 heterocycles. The molecule has 17 heavy (non-hydrogen) atoms. The Bertz CT molecular complexity index is 430. The van der Waals surface area contributed by atoms with Crippen LogP contribution in [0.5, 0.6) is 0 Å². The molecule has 1 fully saturated rings. The minimum absolute atomic E-state index is 0.0882. The summed E-state index contributed by atoms with van der Waals surface area (Å²) in [5.41, 5.74) is 6.32. The molecule has 0 aliphatic carbocycles. The number of nitrogens with one attached hydrogen (secondary N) is 1. The highest BCUT2D eigenvalue weighted by Gasteiger charge is 2.21. The number of hydrogen-bond acceptors (Lipinski definition) is 4. The maximum absolute atomic E-state index is 12.1. The van der Waals surface area contributed by atoms with Crippen LogP contribution < -0.4 is 11.1 Å². The number of nitrogens with two attached hydrogens (primary N) is 1. The van der Waals surface area contributed by atoms with Gasteiger partial charge in [0.25, 0.3) is 5.91 Å². The maximum Gasteiger partial charge on any atom is 0.272 e. The summed E-state index contributed by atoms with van der Waals surface area (Å²) in [5, 5.41) is 2.72. The van der Waals surface area contributed by atoms with Crippen LogP contribution in [0, 0.1) is 0 Å². The number of amides is 2. The van der Waals surface area contributed by atoms with Crippen molar-refractivity contribution < 1.29 is 9.59 Å². The fourth-order valence-electron chi connectivity index (χ4n) is 1.67. The third-order valence-corrected chi connectivity index (χ3v) is 2.55. The summed E-state index contributed by atoms with van der Waals surface area (Å²) in [6.07, 6.45) is 2.19. The van der Waals surface area contributed by atoms with Gasteiger partial charge in [0.1, 0.15) is 5.69 Å². The van der Waals surface area contributed by atoms with Crippen molar-refractivity contribution in [2.75, 3.05) is 25.4 Å². The highest BCUT2D eigenvalue weighted by Crippen LogP contribution is 2.06. The number of carbonyl (C=O) groups is 2. The highest BCUT2D eigenvalue weighted by molar-refractivity contribution is 5.95. The molecule has 6 heteroatoms. The Kier molecular flexibility index (Phi) is 3.22. The van der Waals surface area contributed by atoms with E-state index in [1.54, 1.807) is 12.1 Å². The number of pyridine rings is 1. The summed E-state index contributed by atoms with van der Waals surface area (Å²) in [6.45, 7) is 1.26. The average Bonchev–Trinajstić information content (AvgIpc) is 2.54. The molecule has 1 aliphatic heterocycles. The minimum atomic E-state index is -0.234. The molecule has 1 aromatic heterocycles. The third kappa shape index (κ3) is 2.72. The molecule has 6 nitrogen and oxygen atoms in total. The number of rotatable bonds is 1. The van der Waals surface area contributed by atoms with E-state index in [0.717, 1.165) is 6.42 Å². The van der Waals surface area contributed by atoms with Gasteiger partial charge >= 0.3 is 0 Å². The van der Waals surface area contributed by atoms with Gasteiger partial charge in [0.15, 0.2) is 0 Å². The fraction of sp³-hybridized carbons (Fsp3) is 0.364. The number of carbonyl (C=O) groups excluding carboxylic acids is 2. The Balaban J connectivity index is 2.13. The van der Waals surface area contributed by atoms with E-state index in [1.165, 1.54) is 11.1 Å². The Morgan fingerprint density at radius 3 is 3.00 bits per heavy atom. The van der Waals surface area contributed by atoms with Crippen molar-refractivity contribution in [1.82, 2.24) is 15.2 Å². The van der Waals surface area contributed by atoms with E-state index in [1.807, 2.05) is 0 Å². The van der Waals surface area contributed by atoms with Crippen molar-refractivity contribution in [2.45, 2.75) is 6.42 Å². The zero-order valence-electron chi connectivity index (χ0n) is 9.35. The Morgan fingerprint density at radius 2 is 2.29 bits per heavy atom. The van der Waals surface area contributed by atoms with Gasteiger partial charge in [0.05, 0.1) is 18.4 Å². The van der Waals surface area contributed by atoms with Gasteiger partial charge < -0.3 is 16.0 Å². The number of anilines is 1. The van der Waals surface area contributed by atoms with Gasteiger partial charge in [-0.1, -0.05) is 0 Å². The van der Waals surface area contributed by atoms with Crippen LogP contribution in [0.4, 0.5) is 5.69 Å². The minimum Gasteiger partial charge on any atom is -0.397 e. The summed E-state index contributed by atoms with van der Waals surface area (Å²) in [6, 6.07) is 3.19. The lowest BCUT2D eigenvalue weighted by molar-refractivity contribution is -0.121. The molecule has 0 saturated carbocycles. The Morgan fingerprint density at radius 1 is 1.47 bits per heavy atom. The largest absolute Gasteiger partial charge is 0.397 e. The van der Waals surface area contributed by atoms with Crippen LogP contribution in [0.3, 0.4) is 0 Å². The lowest BCUT2D eigenvalue weighted by atomic mass is 10.3. The van der Waals surface area contributed by atoms with Gasteiger partial charge in [-0.25, -0.2) is 4.98 Å². The number of nitrogen functional groups attached to an aromatic ring is 1. The molecule has 1 saturated heterocycles. The van der Waals surface area contributed by atoms with Crippen LogP contribution >= 0.6 is 0 Å². The summed E-state index contributed by atoms with van der Waals surface area (Å²) in [4.78, 5) is 28.9. The van der Waals surface area contributed by atoms with Gasteiger partial charge in [0.2, 0.25) is 5.91 Å². The van der Waals surface area contributed by atoms with Crippen LogP contribution in [0.2, 0.25) is 0 Å². The number of aromatic nitrogens is 1. The normalized spacial score (nSPS) is 16.2. The van der Waals surface area contributed by atoms with Gasteiger partial charge in [-0.05, 0) is 18.6 Å². The molecule has 0 atom stereocenters. The van der Waals surface area contributed by atoms with Crippen molar-refractivity contribution in [3.8, 4) is 0 Å². The Labute approximate surface area is 98.8 Å². The van der Waals surface area contributed by atoms with Gasteiger partial charge in [-0.15, -0.1) is 0 Å². The first-order chi connectivity index (χ1) is 8.16. The second-order valence-corrected chi connectivity index (χ2v) is 3.91. The van der Waals surface area contributed by atoms with E-state index in [2.05, 4.69) is 10.3 Å². The van der Waals surface area contributed by atoms with E-state index in [4.69, 9.17) is 5.73 Å². The second-order valence-electron chi connectivity index (χ2n) is 3.91. The van der Waals surface area contributed by atoms with E-state index in [-0.39, 0.29) is 18.4 Å². The first-order valence-electron chi connectivity index (χ1n) is 5.44. The summed E-state index contributed by atoms with van der Waals surface area (Å²) in [7, 11) is 0. The Hall–Kier alpha value is -2.11. The molecule has 0 aromatic carbocycles. The quantitative estimate of drug-likeness (QED) is 0.693. The molecule has 90 valence electrons. The van der Waals surface area contributed by atoms with Gasteiger partial charge in [-0.2, -0.15) is 0 Å². The van der Waals surface area contributed by atoms with Crippen molar-refractivity contribution in [1.29, 1.82) is 0 Å². The van der Waals surface area contributed by atoms with Gasteiger partial charge in [-0.3, -0.25) is 9.59 Å². The number of nitrogens with zero attached hydrogens (tertiary/aromatic N) is 2. The van der Waals surface area contributed by atoms with Crippen molar-refractivity contribution in [3.63, 3.8) is 0 Å². The molecule has 0 unspecified atom stereocenters. The fourth-order valence-corrected chi connectivity index (χ4v) is 1.67. The van der Waals surface area contributed by atoms with E-state index < -0.39 is 0 Å². The van der Waals surface area contributed by atoms with Crippen LogP contribution in [0.25, 0.3) is 0 Å². The second kappa shape index (κ2) is 4.82. The van der Waals surface area contributed by atoms with E-state index in [9.17, 15) is 9.59 Å². The topological polar surface area (TPSA) is 88.3 Å². The summed E-state index contributed by atoms with van der Waals surface area (Å²) in [5.74, 6) is -0.367. The predicted molar refractivity (Wildman–Crippen MR) is 62.2 cm³/mol. The monoisotopic (exact) mass is 234 g/mol. The standard InChI is InChI=1S/C11H14N4O2/c12-8-2-3-9(14-6-8)11(17)15-5-1-4-13-10(16)7-15/h2-3,6H,1,4-5,7,12H2,(H,13,16). The predicted octanol–water partition coefficient (Wildman–Crippen LogP) is -0.374. The molecule has 0 bridgehead atoms. The van der Waals surface area contributed by atoms with Crippen LogP contribution in [0.1, 0.15) is 16.9 Å². The zero-order valence-corrected chi connectivity index (χ0v) is 9.35. The smallest absolute Gasteiger partial charge is 0.272 e. The van der Waals surface area contributed by atoms with Crippen LogP contribution in [0.15, 0.2) is 18.3 Å². The zero-order chi connectivity index (χ0) is 12.3. The molecule has 1 aliphatic rings. The summed E-state index contributed by atoms with van der Waals surface area (Å²) >= 11 is 0. The molecule has 3 N–H and O–H groups in total. The first-order valence-corrected chi connectivity index (χ1v) is 5.44. The summed E-state index contributed by atoms with van der Waals surface area (Å²) < 4.78 is 0. The first kappa shape index (κ1) is 11.4. The molecule has 2 amide bonds. The lowest BCUT2D eigenvalue weighted by Gasteiger charge is -2.18. The molecular weight excluding hydrogens is 220 g/mol. The van der Waals surface area contributed by atoms with Crippen molar-refractivity contribution >= 4 is 17.5 Å². The van der Waals surface area contributed by atoms with E-state index >= 15 is 0 Å². The van der Waals surface area contributed by atoms with Crippen molar-refractivity contribution in [3.05, 3.63) is 24.0 Å². The molecular formula is C11H14N4O2. The molecule has 1 aromatic rings. The van der Waals surface area contributed by atoms with Crippen molar-refractivity contribution in [2.24, 2.45) is 0 Å². The third-order valence-electron chi connectivity index (χ3n) is 2.55. The molecule has 0 spiro atoms. The number of hydrogen-bond donors (Lipinski definition) is 2. The maximum atomic E-state index is 12.1. The highest BCUT2D eigenvalue weighted by atomic mass is 16.2. The van der Waals surface area contributed by atoms with Crippen LogP contribution in [-0.2, 0) is 4.79 Å². The van der Waals surface area contributed by atoms with E-state index in [0.29, 0.717) is 24.5 Å². The van der Waals surface area contributed by atoms with Crippen LogP contribution in [-0.4, -0.2) is 41.3 Å². The lowest BCUT2D eigenvalue weighted by Crippen LogP contribution is -2.37. The van der Waals surface area contributed by atoms with Gasteiger partial charge in [0, 0.05) is 13.1 Å². The SMILES string of the molecule is Nc1ccc(C(=O)N2CCCNC(=O)C2)nc1. The average molecular weight is 234 g/mol.